The minimum absolute atomic E-state index is 0.113. The minimum Gasteiger partial charge on any atom is -0.494 e. The number of ether oxygens (including phenoxy) is 2. The first kappa shape index (κ1) is 19.7. The summed E-state index contributed by atoms with van der Waals surface area (Å²) in [5.74, 6) is 1.39. The van der Waals surface area contributed by atoms with Crippen molar-refractivity contribution in [2.45, 2.75) is 39.2 Å². The average molecular weight is 377 g/mol. The molecule has 0 fully saturated rings. The van der Waals surface area contributed by atoms with Crippen LogP contribution in [0.5, 0.6) is 11.5 Å². The van der Waals surface area contributed by atoms with Gasteiger partial charge in [-0.05, 0) is 53.4 Å². The van der Waals surface area contributed by atoms with Gasteiger partial charge in [-0.1, -0.05) is 62.7 Å². The smallest absolute Gasteiger partial charge is 0.413 e. The molecule has 0 saturated carbocycles. The molecular weight excluding hydrogens is 350 g/mol. The Morgan fingerprint density at radius 3 is 2.36 bits per heavy atom. The van der Waals surface area contributed by atoms with Crippen LogP contribution in [0.2, 0.25) is 0 Å². The van der Waals surface area contributed by atoms with Gasteiger partial charge in [-0.3, -0.25) is 0 Å². The first-order chi connectivity index (χ1) is 13.7. The minimum atomic E-state index is -0.453. The lowest BCUT2D eigenvalue weighted by Crippen LogP contribution is -2.30. The van der Waals surface area contributed by atoms with Crippen LogP contribution < -0.4 is 14.8 Å². The van der Waals surface area contributed by atoms with Crippen molar-refractivity contribution in [2.75, 3.05) is 6.61 Å². The topological polar surface area (TPSA) is 47.6 Å². The predicted octanol–water partition coefficient (Wildman–Crippen LogP) is 6.26. The summed E-state index contributed by atoms with van der Waals surface area (Å²) >= 11 is 0. The van der Waals surface area contributed by atoms with E-state index < -0.39 is 6.09 Å². The molecule has 28 heavy (non-hydrogen) atoms. The van der Waals surface area contributed by atoms with Crippen LogP contribution in [0.4, 0.5) is 4.79 Å². The van der Waals surface area contributed by atoms with Crippen LogP contribution >= 0.6 is 0 Å². The number of nitrogens with one attached hydrogen (secondary N) is 1. The lowest BCUT2D eigenvalue weighted by molar-refractivity contribution is 0.195. The standard InChI is InChI=1S/C24H27NO3/c1-3-5-16-27-21-13-11-19(12-14-21)23(4-2)25-24(26)28-22-15-10-18-8-6-7-9-20(18)17-22/h6-15,17,23H,3-5,16H2,1-2H3,(H,25,26). The van der Waals surface area contributed by atoms with E-state index in [0.717, 1.165) is 48.0 Å². The van der Waals surface area contributed by atoms with Gasteiger partial charge < -0.3 is 14.8 Å². The molecule has 0 aliphatic rings. The zero-order valence-corrected chi connectivity index (χ0v) is 16.5. The Bertz CT molecular complexity index is 905. The second-order valence-corrected chi connectivity index (χ2v) is 6.77. The Labute approximate surface area is 166 Å². The lowest BCUT2D eigenvalue weighted by Gasteiger charge is -2.18. The van der Waals surface area contributed by atoms with Gasteiger partial charge in [-0.25, -0.2) is 4.79 Å². The van der Waals surface area contributed by atoms with E-state index in [9.17, 15) is 4.79 Å². The highest BCUT2D eigenvalue weighted by molar-refractivity contribution is 5.84. The molecule has 3 aromatic rings. The number of carbonyl (C=O) groups excluding carboxylic acids is 1. The molecule has 146 valence electrons. The third kappa shape index (κ3) is 5.26. The number of unbranched alkanes of at least 4 members (excludes halogenated alkanes) is 1. The first-order valence-corrected chi connectivity index (χ1v) is 9.89. The van der Waals surface area contributed by atoms with E-state index in [-0.39, 0.29) is 6.04 Å². The van der Waals surface area contributed by atoms with Crippen molar-refractivity contribution < 1.29 is 14.3 Å². The van der Waals surface area contributed by atoms with Crippen LogP contribution in [0, 0.1) is 0 Å². The van der Waals surface area contributed by atoms with Crippen molar-refractivity contribution in [3.8, 4) is 11.5 Å². The van der Waals surface area contributed by atoms with Gasteiger partial charge in [0.05, 0.1) is 12.6 Å². The molecule has 3 aromatic carbocycles. The third-order valence-corrected chi connectivity index (χ3v) is 4.68. The Kier molecular flexibility index (Phi) is 6.90. The molecule has 0 aromatic heterocycles. The number of amides is 1. The Balaban J connectivity index is 1.60. The van der Waals surface area contributed by atoms with E-state index in [1.54, 1.807) is 0 Å². The summed E-state index contributed by atoms with van der Waals surface area (Å²) in [5.41, 5.74) is 1.03. The highest BCUT2D eigenvalue weighted by Crippen LogP contribution is 2.23. The quantitative estimate of drug-likeness (QED) is 0.471. The number of fused-ring (bicyclic) bond motifs is 1. The third-order valence-electron chi connectivity index (χ3n) is 4.68. The number of hydrogen-bond acceptors (Lipinski definition) is 3. The molecule has 1 N–H and O–H groups in total. The van der Waals surface area contributed by atoms with Crippen LogP contribution in [-0.2, 0) is 0 Å². The summed E-state index contributed by atoms with van der Waals surface area (Å²) in [6, 6.07) is 21.4. The van der Waals surface area contributed by atoms with E-state index in [2.05, 4.69) is 12.2 Å². The fraction of sp³-hybridized carbons (Fsp3) is 0.292. The van der Waals surface area contributed by atoms with Gasteiger partial charge in [0, 0.05) is 0 Å². The molecule has 0 radical (unpaired) electrons. The van der Waals surface area contributed by atoms with Crippen molar-refractivity contribution in [3.05, 3.63) is 72.3 Å². The molecule has 1 unspecified atom stereocenters. The molecule has 1 amide bonds. The maximum absolute atomic E-state index is 12.4. The maximum atomic E-state index is 12.4. The second kappa shape index (κ2) is 9.79. The van der Waals surface area contributed by atoms with Crippen molar-refractivity contribution in [3.63, 3.8) is 0 Å². The predicted molar refractivity (Wildman–Crippen MR) is 113 cm³/mol. The van der Waals surface area contributed by atoms with Crippen LogP contribution in [0.15, 0.2) is 66.7 Å². The van der Waals surface area contributed by atoms with E-state index in [0.29, 0.717) is 5.75 Å². The van der Waals surface area contributed by atoms with Crippen LogP contribution in [0.3, 0.4) is 0 Å². The van der Waals surface area contributed by atoms with Crippen LogP contribution in [-0.4, -0.2) is 12.7 Å². The van der Waals surface area contributed by atoms with Crippen LogP contribution in [0.25, 0.3) is 10.8 Å². The van der Waals surface area contributed by atoms with Crippen LogP contribution in [0.1, 0.15) is 44.7 Å². The lowest BCUT2D eigenvalue weighted by atomic mass is 10.0. The highest BCUT2D eigenvalue weighted by Gasteiger charge is 2.14. The van der Waals surface area contributed by atoms with Gasteiger partial charge in [-0.15, -0.1) is 0 Å². The average Bonchev–Trinajstić information content (AvgIpc) is 2.73. The second-order valence-electron chi connectivity index (χ2n) is 6.77. The molecule has 0 heterocycles. The van der Waals surface area contributed by atoms with Gasteiger partial charge >= 0.3 is 6.09 Å². The summed E-state index contributed by atoms with van der Waals surface area (Å²) in [5, 5.41) is 5.10. The van der Waals surface area contributed by atoms with Crippen molar-refractivity contribution in [1.82, 2.24) is 5.32 Å². The zero-order chi connectivity index (χ0) is 19.8. The van der Waals surface area contributed by atoms with Crippen molar-refractivity contribution in [1.29, 1.82) is 0 Å². The molecule has 4 heteroatoms. The Morgan fingerprint density at radius 2 is 1.64 bits per heavy atom. The van der Waals surface area contributed by atoms with E-state index in [4.69, 9.17) is 9.47 Å². The molecule has 0 aliphatic carbocycles. The normalized spacial score (nSPS) is 11.8. The summed E-state index contributed by atoms with van der Waals surface area (Å²) < 4.78 is 11.2. The molecule has 4 nitrogen and oxygen atoms in total. The van der Waals surface area contributed by atoms with Gasteiger partial charge in [0.15, 0.2) is 0 Å². The molecule has 0 spiro atoms. The monoisotopic (exact) mass is 377 g/mol. The number of benzene rings is 3. The Hall–Kier alpha value is -3.01. The van der Waals surface area contributed by atoms with E-state index in [1.807, 2.05) is 73.7 Å². The number of hydrogen-bond donors (Lipinski definition) is 1. The summed E-state index contributed by atoms with van der Waals surface area (Å²) in [6.07, 6.45) is 2.47. The molecule has 0 bridgehead atoms. The van der Waals surface area contributed by atoms with Gasteiger partial charge in [-0.2, -0.15) is 0 Å². The molecule has 0 aliphatic heterocycles. The highest BCUT2D eigenvalue weighted by atomic mass is 16.6. The fourth-order valence-corrected chi connectivity index (χ4v) is 3.06. The van der Waals surface area contributed by atoms with Crippen molar-refractivity contribution in [2.24, 2.45) is 0 Å². The fourth-order valence-electron chi connectivity index (χ4n) is 3.06. The number of carbonyl (C=O) groups is 1. The summed E-state index contributed by atoms with van der Waals surface area (Å²) in [4.78, 5) is 12.4. The zero-order valence-electron chi connectivity index (χ0n) is 16.5. The van der Waals surface area contributed by atoms with Gasteiger partial charge in [0.1, 0.15) is 11.5 Å². The Morgan fingerprint density at radius 1 is 0.929 bits per heavy atom. The SMILES string of the molecule is CCCCOc1ccc(C(CC)NC(=O)Oc2ccc3ccccc3c2)cc1. The molecule has 1 atom stereocenters. The summed E-state index contributed by atoms with van der Waals surface area (Å²) in [6.45, 7) is 4.90. The number of rotatable bonds is 8. The first-order valence-electron chi connectivity index (χ1n) is 9.89. The van der Waals surface area contributed by atoms with Gasteiger partial charge in [0.2, 0.25) is 0 Å². The molecule has 3 rings (SSSR count). The molecule has 0 saturated heterocycles. The molecular formula is C24H27NO3. The van der Waals surface area contributed by atoms with Crippen molar-refractivity contribution >= 4 is 16.9 Å². The van der Waals surface area contributed by atoms with E-state index >= 15 is 0 Å². The van der Waals surface area contributed by atoms with E-state index in [1.165, 1.54) is 0 Å². The van der Waals surface area contributed by atoms with Gasteiger partial charge in [0.25, 0.3) is 0 Å². The largest absolute Gasteiger partial charge is 0.494 e. The maximum Gasteiger partial charge on any atom is 0.413 e. The summed E-state index contributed by atoms with van der Waals surface area (Å²) in [7, 11) is 0.